The van der Waals surface area contributed by atoms with Gasteiger partial charge in [-0.05, 0) is 68.1 Å². The van der Waals surface area contributed by atoms with Crippen molar-refractivity contribution in [1.82, 2.24) is 19.4 Å². The summed E-state index contributed by atoms with van der Waals surface area (Å²) in [5.41, 5.74) is 3.39. The second-order valence-corrected chi connectivity index (χ2v) is 12.3. The molecule has 1 aliphatic heterocycles. The maximum Gasteiger partial charge on any atom is 0.337 e. The van der Waals surface area contributed by atoms with Crippen LogP contribution in [0, 0.1) is 28.5 Å². The van der Waals surface area contributed by atoms with Crippen LogP contribution in [-0.2, 0) is 23.6 Å². The summed E-state index contributed by atoms with van der Waals surface area (Å²) in [5, 5.41) is 17.8. The number of imidazole rings is 1. The SMILES string of the molecule is COC(=O)c1ccc2nc(CN3CCC(Oc4cccc(CSc5ccc(C#N)cc5F)n4)CC3)n(CCCCCCC#N)c2c1. The standard InChI is InChI=1S/C35H37FN6O3S/c1-44-35(43)26-11-12-30-31(21-26)42(17-6-4-2-3-5-16-37)33(40-30)23-41-18-14-28(15-19-41)45-34-9-7-8-27(39-34)24-46-32-13-10-25(22-38)20-29(32)36/h7-13,20-21,28H,2-6,14-15,17-19,23-24H2,1H3. The monoisotopic (exact) mass is 640 g/mol. The van der Waals surface area contributed by atoms with Crippen molar-refractivity contribution < 1.29 is 18.7 Å². The Morgan fingerprint density at radius 1 is 1.04 bits per heavy atom. The van der Waals surface area contributed by atoms with Gasteiger partial charge in [-0.2, -0.15) is 10.5 Å². The highest BCUT2D eigenvalue weighted by atomic mass is 32.2. The second-order valence-electron chi connectivity index (χ2n) is 11.3. The Morgan fingerprint density at radius 2 is 1.87 bits per heavy atom. The van der Waals surface area contributed by atoms with Crippen LogP contribution in [0.15, 0.2) is 59.5 Å². The molecule has 1 fully saturated rings. The highest BCUT2D eigenvalue weighted by molar-refractivity contribution is 7.98. The molecule has 0 spiro atoms. The summed E-state index contributed by atoms with van der Waals surface area (Å²) in [7, 11) is 1.39. The van der Waals surface area contributed by atoms with Crippen molar-refractivity contribution in [2.24, 2.45) is 0 Å². The zero-order chi connectivity index (χ0) is 32.3. The maximum absolute atomic E-state index is 14.3. The molecule has 0 radical (unpaired) electrons. The molecular weight excluding hydrogens is 603 g/mol. The molecule has 0 N–H and O–H groups in total. The zero-order valence-electron chi connectivity index (χ0n) is 26.0. The quantitative estimate of drug-likeness (QED) is 0.0813. The lowest BCUT2D eigenvalue weighted by Crippen LogP contribution is -2.38. The Kier molecular flexibility index (Phi) is 11.6. The number of fused-ring (bicyclic) bond motifs is 1. The Balaban J connectivity index is 1.18. The number of ether oxygens (including phenoxy) is 2. The van der Waals surface area contributed by atoms with Crippen LogP contribution in [0.2, 0.25) is 0 Å². The lowest BCUT2D eigenvalue weighted by atomic mass is 10.1. The number of aromatic nitrogens is 3. The van der Waals surface area contributed by atoms with Crippen LogP contribution >= 0.6 is 11.8 Å². The number of methoxy groups -OCH3 is 1. The summed E-state index contributed by atoms with van der Waals surface area (Å²) in [4.78, 5) is 24.7. The van der Waals surface area contributed by atoms with Crippen LogP contribution in [0.25, 0.3) is 11.0 Å². The number of esters is 1. The molecule has 0 atom stereocenters. The van der Waals surface area contributed by atoms with E-state index in [0.717, 1.165) is 80.7 Å². The number of carbonyl (C=O) groups is 1. The molecule has 1 saturated heterocycles. The first kappa shape index (κ1) is 32.9. The Hall–Kier alpha value is -4.45. The van der Waals surface area contributed by atoms with Gasteiger partial charge < -0.3 is 14.0 Å². The molecule has 0 unspecified atom stereocenters. The third-order valence-corrected chi connectivity index (χ3v) is 9.16. The van der Waals surface area contributed by atoms with Crippen LogP contribution in [0.4, 0.5) is 4.39 Å². The number of piperidine rings is 1. The summed E-state index contributed by atoms with van der Waals surface area (Å²) in [6.45, 7) is 3.19. The summed E-state index contributed by atoms with van der Waals surface area (Å²) in [6.07, 6.45) is 6.25. The van der Waals surface area contributed by atoms with E-state index < -0.39 is 5.82 Å². The van der Waals surface area contributed by atoms with Gasteiger partial charge in [-0.15, -0.1) is 11.8 Å². The molecule has 11 heteroatoms. The summed E-state index contributed by atoms with van der Waals surface area (Å²) in [5.74, 6) is 1.25. The van der Waals surface area contributed by atoms with E-state index in [2.05, 4.69) is 20.5 Å². The molecule has 9 nitrogen and oxygen atoms in total. The number of hydrogen-bond donors (Lipinski definition) is 0. The molecule has 2 aromatic carbocycles. The number of rotatable bonds is 14. The fourth-order valence-electron chi connectivity index (χ4n) is 5.61. The van der Waals surface area contributed by atoms with Gasteiger partial charge >= 0.3 is 5.97 Å². The van der Waals surface area contributed by atoms with E-state index in [0.29, 0.717) is 40.6 Å². The molecule has 5 rings (SSSR count). The van der Waals surface area contributed by atoms with Crippen LogP contribution < -0.4 is 4.74 Å². The number of thioether (sulfide) groups is 1. The van der Waals surface area contributed by atoms with E-state index in [1.165, 1.54) is 24.9 Å². The first-order chi connectivity index (χ1) is 22.5. The van der Waals surface area contributed by atoms with Crippen LogP contribution in [0.5, 0.6) is 5.88 Å². The Labute approximate surface area is 273 Å². The Bertz CT molecular complexity index is 1740. The first-order valence-corrected chi connectivity index (χ1v) is 16.6. The van der Waals surface area contributed by atoms with E-state index in [4.69, 9.17) is 25.0 Å². The van der Waals surface area contributed by atoms with Crippen molar-refractivity contribution in [2.45, 2.75) is 74.8 Å². The van der Waals surface area contributed by atoms with Gasteiger partial charge in [0.2, 0.25) is 5.88 Å². The minimum atomic E-state index is -0.406. The van der Waals surface area contributed by atoms with Crippen molar-refractivity contribution in [2.75, 3.05) is 20.2 Å². The van der Waals surface area contributed by atoms with Crippen LogP contribution in [-0.4, -0.2) is 51.7 Å². The molecule has 0 bridgehead atoms. The number of likely N-dealkylation sites (tertiary alicyclic amines) is 1. The van der Waals surface area contributed by atoms with E-state index in [1.54, 1.807) is 18.2 Å². The van der Waals surface area contributed by atoms with E-state index in [-0.39, 0.29) is 12.1 Å². The van der Waals surface area contributed by atoms with Crippen molar-refractivity contribution in [3.05, 3.63) is 83.1 Å². The predicted octanol–water partition coefficient (Wildman–Crippen LogP) is 7.04. The number of nitriles is 2. The molecule has 2 aromatic heterocycles. The molecule has 3 heterocycles. The largest absolute Gasteiger partial charge is 0.474 e. The minimum Gasteiger partial charge on any atom is -0.474 e. The highest BCUT2D eigenvalue weighted by Gasteiger charge is 2.23. The second kappa shape index (κ2) is 16.2. The van der Waals surface area contributed by atoms with Crippen molar-refractivity contribution in [3.8, 4) is 18.0 Å². The molecule has 238 valence electrons. The van der Waals surface area contributed by atoms with Gasteiger partial charge in [0.05, 0.1) is 53.6 Å². The molecule has 46 heavy (non-hydrogen) atoms. The number of unbranched alkanes of at least 4 members (excludes halogenated alkanes) is 4. The maximum atomic E-state index is 14.3. The number of hydrogen-bond acceptors (Lipinski definition) is 9. The smallest absolute Gasteiger partial charge is 0.337 e. The molecule has 4 aromatic rings. The van der Waals surface area contributed by atoms with Crippen molar-refractivity contribution >= 4 is 28.8 Å². The highest BCUT2D eigenvalue weighted by Crippen LogP contribution is 2.27. The fraction of sp³-hybridized carbons (Fsp3) is 0.400. The van der Waals surface area contributed by atoms with E-state index in [1.807, 2.05) is 36.4 Å². The third kappa shape index (κ3) is 8.63. The molecular formula is C35H37FN6O3S. The van der Waals surface area contributed by atoms with Gasteiger partial charge in [-0.1, -0.05) is 18.9 Å². The lowest BCUT2D eigenvalue weighted by molar-refractivity contribution is 0.0601. The van der Waals surface area contributed by atoms with E-state index >= 15 is 0 Å². The van der Waals surface area contributed by atoms with Crippen LogP contribution in [0.3, 0.4) is 0 Å². The Morgan fingerprint density at radius 3 is 2.63 bits per heavy atom. The molecule has 1 aliphatic rings. The van der Waals surface area contributed by atoms with Crippen LogP contribution in [0.1, 0.15) is 72.4 Å². The predicted molar refractivity (Wildman–Crippen MR) is 174 cm³/mol. The number of pyridine rings is 1. The first-order valence-electron chi connectivity index (χ1n) is 15.6. The minimum absolute atomic E-state index is 0.0393. The van der Waals surface area contributed by atoms with Crippen molar-refractivity contribution in [1.29, 1.82) is 10.5 Å². The average Bonchev–Trinajstić information content (AvgIpc) is 3.42. The molecule has 0 saturated carbocycles. The van der Waals surface area contributed by atoms with Crippen molar-refractivity contribution in [3.63, 3.8) is 0 Å². The fourth-order valence-corrected chi connectivity index (χ4v) is 6.44. The van der Waals surface area contributed by atoms with Gasteiger partial charge in [0.25, 0.3) is 0 Å². The molecule has 0 aliphatic carbocycles. The topological polar surface area (TPSA) is 117 Å². The summed E-state index contributed by atoms with van der Waals surface area (Å²) in [6, 6.07) is 19.8. The normalized spacial score (nSPS) is 13.7. The van der Waals surface area contributed by atoms with E-state index in [9.17, 15) is 9.18 Å². The number of carbonyl (C=O) groups excluding carboxylic acids is 1. The van der Waals surface area contributed by atoms with Gasteiger partial charge in [0.15, 0.2) is 0 Å². The van der Waals surface area contributed by atoms with Gasteiger partial charge in [-0.25, -0.2) is 19.2 Å². The van der Waals surface area contributed by atoms with Gasteiger partial charge in [0, 0.05) is 42.8 Å². The zero-order valence-corrected chi connectivity index (χ0v) is 26.8. The molecule has 0 amide bonds. The summed E-state index contributed by atoms with van der Waals surface area (Å²) < 4.78 is 27.7. The average molecular weight is 641 g/mol. The lowest BCUT2D eigenvalue weighted by Gasteiger charge is -2.31. The number of aryl methyl sites for hydroxylation is 1. The number of benzene rings is 2. The number of halogens is 1. The van der Waals surface area contributed by atoms with Gasteiger partial charge in [-0.3, -0.25) is 4.90 Å². The van der Waals surface area contributed by atoms with Gasteiger partial charge in [0.1, 0.15) is 17.7 Å². The summed E-state index contributed by atoms with van der Waals surface area (Å²) >= 11 is 1.34. The third-order valence-electron chi connectivity index (χ3n) is 8.07. The number of nitrogens with zero attached hydrogens (tertiary/aromatic N) is 6.